The van der Waals surface area contributed by atoms with E-state index >= 15 is 0 Å². The Balaban J connectivity index is 1.93. The number of hydrogen-bond donors (Lipinski definition) is 2. The molecule has 2 rings (SSSR count). The molecule has 0 spiro atoms. The lowest BCUT2D eigenvalue weighted by atomic mass is 9.97. The van der Waals surface area contributed by atoms with E-state index in [1.807, 2.05) is 24.0 Å². The quantitative estimate of drug-likeness (QED) is 0.483. The largest absolute Gasteiger partial charge is 0.478 e. The molecule has 2 N–H and O–H groups in total. The molecule has 0 aliphatic carbocycles. The minimum Gasteiger partial charge on any atom is -0.478 e. The van der Waals surface area contributed by atoms with Crippen molar-refractivity contribution < 1.29 is 19.8 Å². The average Bonchev–Trinajstić information content (AvgIpc) is 2.98. The predicted molar refractivity (Wildman–Crippen MR) is 106 cm³/mol. The highest BCUT2D eigenvalue weighted by Gasteiger charge is 2.29. The summed E-state index contributed by atoms with van der Waals surface area (Å²) in [6.45, 7) is 4.56. The van der Waals surface area contributed by atoms with Crippen LogP contribution in [0, 0.1) is 0 Å². The second kappa shape index (κ2) is 9.70. The Morgan fingerprint density at radius 3 is 2.63 bits per heavy atom. The van der Waals surface area contributed by atoms with Crippen LogP contribution >= 0.6 is 0 Å². The molecule has 0 radical (unpaired) electrons. The predicted octanol–water partition coefficient (Wildman–Crippen LogP) is 3.81. The van der Waals surface area contributed by atoms with Gasteiger partial charge in [-0.15, -0.1) is 0 Å². The number of carboxylic acid groups (broad SMARTS) is 1. The smallest absolute Gasteiger partial charge is 0.335 e. The number of aliphatic hydroxyl groups is 1. The van der Waals surface area contributed by atoms with Crippen molar-refractivity contribution in [2.24, 2.45) is 0 Å². The van der Waals surface area contributed by atoms with Gasteiger partial charge in [0, 0.05) is 13.0 Å². The van der Waals surface area contributed by atoms with E-state index in [0.717, 1.165) is 37.7 Å². The highest BCUT2D eigenvalue weighted by atomic mass is 16.4. The highest BCUT2D eigenvalue weighted by Crippen LogP contribution is 2.23. The minimum atomic E-state index is -0.938. The fourth-order valence-electron chi connectivity index (χ4n) is 3.44. The maximum absolute atomic E-state index is 12.2. The fourth-order valence-corrected chi connectivity index (χ4v) is 3.44. The summed E-state index contributed by atoms with van der Waals surface area (Å²) in [7, 11) is 0. The maximum atomic E-state index is 12.2. The second-order valence-electron chi connectivity index (χ2n) is 7.62. The van der Waals surface area contributed by atoms with Crippen LogP contribution in [0.25, 0.3) is 0 Å². The first-order valence-corrected chi connectivity index (χ1v) is 9.86. The lowest BCUT2D eigenvalue weighted by molar-refractivity contribution is -0.128. The van der Waals surface area contributed by atoms with Gasteiger partial charge in [0.25, 0.3) is 0 Å². The van der Waals surface area contributed by atoms with E-state index in [9.17, 15) is 14.7 Å². The zero-order valence-electron chi connectivity index (χ0n) is 16.4. The lowest BCUT2D eigenvalue weighted by Gasteiger charge is -2.24. The highest BCUT2D eigenvalue weighted by molar-refractivity contribution is 5.87. The van der Waals surface area contributed by atoms with Gasteiger partial charge in [-0.3, -0.25) is 4.79 Å². The minimum absolute atomic E-state index is 0.0217. The number of nitrogens with zero attached hydrogens (tertiary/aromatic N) is 1. The third-order valence-electron chi connectivity index (χ3n) is 5.18. The molecular weight excluding hydrogens is 342 g/mol. The van der Waals surface area contributed by atoms with Crippen molar-refractivity contribution in [3.8, 4) is 0 Å². The number of amides is 1. The number of likely N-dealkylation sites (tertiary alicyclic amines) is 1. The Bertz CT molecular complexity index is 663. The number of rotatable bonds is 10. The molecule has 1 heterocycles. The van der Waals surface area contributed by atoms with Crippen molar-refractivity contribution in [3.05, 3.63) is 47.5 Å². The first-order valence-electron chi connectivity index (χ1n) is 9.86. The van der Waals surface area contributed by atoms with Crippen molar-refractivity contribution in [1.82, 2.24) is 4.90 Å². The zero-order valence-corrected chi connectivity index (χ0v) is 16.4. The molecule has 2 atom stereocenters. The summed E-state index contributed by atoms with van der Waals surface area (Å²) in [5.41, 5.74) is 0.440. The maximum Gasteiger partial charge on any atom is 0.335 e. The summed E-state index contributed by atoms with van der Waals surface area (Å²) < 4.78 is 0. The molecular formula is C22H31NO4. The molecule has 1 unspecified atom stereocenters. The molecule has 5 heteroatoms. The van der Waals surface area contributed by atoms with Crippen LogP contribution in [0.1, 0.15) is 68.3 Å². The molecule has 1 saturated heterocycles. The fraction of sp³-hybridized carbons (Fsp3) is 0.545. The van der Waals surface area contributed by atoms with Gasteiger partial charge in [0.1, 0.15) is 0 Å². The van der Waals surface area contributed by atoms with Crippen molar-refractivity contribution >= 4 is 11.9 Å². The summed E-state index contributed by atoms with van der Waals surface area (Å²) in [6.07, 6.45) is 9.77. The average molecular weight is 373 g/mol. The first kappa shape index (κ1) is 21.2. The van der Waals surface area contributed by atoms with Gasteiger partial charge in [0.2, 0.25) is 5.91 Å². The number of carboxylic acids is 1. The van der Waals surface area contributed by atoms with Crippen LogP contribution in [-0.2, 0) is 11.2 Å². The Kier molecular flexibility index (Phi) is 7.60. The van der Waals surface area contributed by atoms with E-state index in [1.54, 1.807) is 24.3 Å². The summed E-state index contributed by atoms with van der Waals surface area (Å²) >= 11 is 0. The molecule has 1 aromatic carbocycles. The summed E-state index contributed by atoms with van der Waals surface area (Å²) in [5.74, 6) is -0.801. The Labute approximate surface area is 161 Å². The van der Waals surface area contributed by atoms with Crippen LogP contribution in [0.2, 0.25) is 0 Å². The molecule has 0 aromatic heterocycles. The summed E-state index contributed by atoms with van der Waals surface area (Å²) in [4.78, 5) is 25.0. The number of hydrogen-bond acceptors (Lipinski definition) is 3. The molecule has 27 heavy (non-hydrogen) atoms. The topological polar surface area (TPSA) is 77.8 Å². The zero-order chi connectivity index (χ0) is 19.9. The van der Waals surface area contributed by atoms with Crippen LogP contribution in [-0.4, -0.2) is 45.2 Å². The molecule has 1 amide bonds. The Morgan fingerprint density at radius 2 is 2.00 bits per heavy atom. The number of carbonyl (C=O) groups is 2. The normalized spacial score (nSPS) is 19.6. The van der Waals surface area contributed by atoms with E-state index < -0.39 is 11.6 Å². The number of unbranched alkanes of at least 4 members (excludes halogenated alkanes) is 2. The number of carbonyl (C=O) groups excluding carboxylic acids is 1. The Hall–Kier alpha value is -2.14. The van der Waals surface area contributed by atoms with Crippen LogP contribution in [0.15, 0.2) is 36.4 Å². The van der Waals surface area contributed by atoms with E-state index in [-0.39, 0.29) is 17.5 Å². The van der Waals surface area contributed by atoms with Gasteiger partial charge >= 0.3 is 5.97 Å². The van der Waals surface area contributed by atoms with Crippen molar-refractivity contribution in [1.29, 1.82) is 0 Å². The lowest BCUT2D eigenvalue weighted by Crippen LogP contribution is -2.34. The molecule has 148 valence electrons. The van der Waals surface area contributed by atoms with Gasteiger partial charge in [-0.25, -0.2) is 4.79 Å². The molecule has 1 fully saturated rings. The van der Waals surface area contributed by atoms with Gasteiger partial charge < -0.3 is 15.1 Å². The first-order chi connectivity index (χ1) is 12.8. The Morgan fingerprint density at radius 1 is 1.30 bits per heavy atom. The monoisotopic (exact) mass is 373 g/mol. The second-order valence-corrected chi connectivity index (χ2v) is 7.62. The van der Waals surface area contributed by atoms with Crippen LogP contribution in [0.4, 0.5) is 0 Å². The van der Waals surface area contributed by atoms with Crippen LogP contribution < -0.4 is 0 Å². The van der Waals surface area contributed by atoms with Crippen molar-refractivity contribution in [3.63, 3.8) is 0 Å². The molecule has 0 saturated carbocycles. The van der Waals surface area contributed by atoms with E-state index in [1.165, 1.54) is 0 Å². The third kappa shape index (κ3) is 6.51. The van der Waals surface area contributed by atoms with Gasteiger partial charge in [0.15, 0.2) is 0 Å². The van der Waals surface area contributed by atoms with Gasteiger partial charge in [-0.2, -0.15) is 0 Å². The van der Waals surface area contributed by atoms with E-state index in [4.69, 9.17) is 5.11 Å². The SMILES string of the molecule is CCCCCC(C)(O)C=C[C@H]1CCC(=O)N1CCc1ccc(C(=O)O)cc1. The van der Waals surface area contributed by atoms with Crippen LogP contribution in [0.3, 0.4) is 0 Å². The summed E-state index contributed by atoms with van der Waals surface area (Å²) in [5, 5.41) is 19.5. The van der Waals surface area contributed by atoms with Crippen molar-refractivity contribution in [2.45, 2.75) is 70.4 Å². The van der Waals surface area contributed by atoms with Gasteiger partial charge in [-0.05, 0) is 43.9 Å². The van der Waals surface area contributed by atoms with Crippen LogP contribution in [0.5, 0.6) is 0 Å². The third-order valence-corrected chi connectivity index (χ3v) is 5.18. The molecule has 0 bridgehead atoms. The number of aromatic carboxylic acids is 1. The van der Waals surface area contributed by atoms with E-state index in [2.05, 4.69) is 6.92 Å². The molecule has 1 aromatic rings. The van der Waals surface area contributed by atoms with Gasteiger partial charge in [0.05, 0.1) is 17.2 Å². The summed E-state index contributed by atoms with van der Waals surface area (Å²) in [6, 6.07) is 6.80. The standard InChI is InChI=1S/C22H31NO4/c1-3-4-5-14-22(2,27)15-12-19-10-11-20(24)23(19)16-13-17-6-8-18(9-7-17)21(25)26/h6-9,12,15,19,27H,3-5,10-11,13-14,16H2,1-2H3,(H,25,26)/t19-,22?/m1/s1. The number of benzene rings is 1. The molecule has 1 aliphatic rings. The molecule has 1 aliphatic heterocycles. The molecule has 5 nitrogen and oxygen atoms in total. The van der Waals surface area contributed by atoms with Gasteiger partial charge in [-0.1, -0.05) is 50.5 Å². The van der Waals surface area contributed by atoms with E-state index in [0.29, 0.717) is 19.4 Å². The van der Waals surface area contributed by atoms with Crippen molar-refractivity contribution in [2.75, 3.05) is 6.54 Å².